The predicted octanol–water partition coefficient (Wildman–Crippen LogP) is 5.61. The molecule has 0 bridgehead atoms. The van der Waals surface area contributed by atoms with Gasteiger partial charge in [-0.1, -0.05) is 39.1 Å². The zero-order valence-corrected chi connectivity index (χ0v) is 12.9. The fourth-order valence-corrected chi connectivity index (χ4v) is 4.91. The molecule has 0 fully saturated rings. The van der Waals surface area contributed by atoms with Gasteiger partial charge in [0.25, 0.3) is 0 Å². The number of hydrogen-bond donors (Lipinski definition) is 0. The van der Waals surface area contributed by atoms with E-state index < -0.39 is 0 Å². The summed E-state index contributed by atoms with van der Waals surface area (Å²) in [5, 5.41) is 1.99. The Bertz CT molecular complexity index is 495. The van der Waals surface area contributed by atoms with Gasteiger partial charge < -0.3 is 4.74 Å². The van der Waals surface area contributed by atoms with Gasteiger partial charge in [0.05, 0.1) is 25.5 Å². The molecule has 0 amide bonds. The van der Waals surface area contributed by atoms with Crippen molar-refractivity contribution < 1.29 is 4.74 Å². The summed E-state index contributed by atoms with van der Waals surface area (Å²) in [6.45, 7) is 0. The fraction of sp³-hybridized carbons (Fsp3) is 0.200. The van der Waals surface area contributed by atoms with E-state index >= 15 is 0 Å². The first-order valence-electron chi connectivity index (χ1n) is 4.33. The highest BCUT2D eigenvalue weighted by atomic mass is 79.9. The van der Waals surface area contributed by atoms with Crippen molar-refractivity contribution in [2.24, 2.45) is 0 Å². The quantitative estimate of drug-likeness (QED) is 0.648. The van der Waals surface area contributed by atoms with Gasteiger partial charge in [0.2, 0.25) is 0 Å². The van der Waals surface area contributed by atoms with E-state index in [0.29, 0.717) is 8.67 Å². The Hall–Kier alpha value is 0.260. The lowest BCUT2D eigenvalue weighted by Crippen LogP contribution is -1.91. The summed E-state index contributed by atoms with van der Waals surface area (Å²) in [6.07, 6.45) is 0. The minimum Gasteiger partial charge on any atom is -0.496 e. The minimum absolute atomic E-state index is 0.0266. The first-order valence-corrected chi connectivity index (χ1v) is 7.70. The maximum absolute atomic E-state index is 6.12. The molecule has 0 spiro atoms. The molecule has 1 unspecified atom stereocenters. The van der Waals surface area contributed by atoms with E-state index in [4.69, 9.17) is 27.9 Å². The smallest absolute Gasteiger partial charge is 0.134 e. The second-order valence-corrected chi connectivity index (χ2v) is 7.14. The Morgan fingerprint density at radius 2 is 2.19 bits per heavy atom. The van der Waals surface area contributed by atoms with E-state index in [1.54, 1.807) is 18.4 Å². The molecule has 6 heteroatoms. The zero-order chi connectivity index (χ0) is 11.7. The summed E-state index contributed by atoms with van der Waals surface area (Å²) in [5.41, 5.74) is 0.984. The van der Waals surface area contributed by atoms with Crippen LogP contribution in [0.2, 0.25) is 8.67 Å². The van der Waals surface area contributed by atoms with Crippen molar-refractivity contribution in [3.05, 3.63) is 36.6 Å². The summed E-state index contributed by atoms with van der Waals surface area (Å²) in [6, 6.07) is 3.82. The predicted molar refractivity (Wildman–Crippen MR) is 76.0 cm³/mol. The average molecular weight is 358 g/mol. The first-order chi connectivity index (χ1) is 7.63. The van der Waals surface area contributed by atoms with Crippen LogP contribution < -0.4 is 4.74 Å². The molecular formula is C10H7BrCl2OS2. The maximum Gasteiger partial charge on any atom is 0.134 e. The number of hydrogen-bond acceptors (Lipinski definition) is 3. The number of alkyl halides is 1. The van der Waals surface area contributed by atoms with Crippen LogP contribution >= 0.6 is 61.8 Å². The lowest BCUT2D eigenvalue weighted by atomic mass is 10.2. The van der Waals surface area contributed by atoms with Gasteiger partial charge in [-0.05, 0) is 17.5 Å². The molecule has 2 aromatic heterocycles. The fourth-order valence-electron chi connectivity index (χ4n) is 1.33. The van der Waals surface area contributed by atoms with Gasteiger partial charge >= 0.3 is 0 Å². The Morgan fingerprint density at radius 3 is 2.75 bits per heavy atom. The second kappa shape index (κ2) is 5.27. The summed E-state index contributed by atoms with van der Waals surface area (Å²) < 4.78 is 6.69. The molecule has 2 aromatic rings. The summed E-state index contributed by atoms with van der Waals surface area (Å²) in [5.74, 6) is 0.866. The van der Waals surface area contributed by atoms with Gasteiger partial charge in [-0.15, -0.1) is 22.7 Å². The Morgan fingerprint density at radius 1 is 1.44 bits per heavy atom. The number of methoxy groups -OCH3 is 1. The Labute approximate surface area is 120 Å². The molecule has 0 aliphatic rings. The van der Waals surface area contributed by atoms with E-state index in [0.717, 1.165) is 16.2 Å². The molecule has 1 nitrogen and oxygen atoms in total. The highest BCUT2D eigenvalue weighted by Gasteiger charge is 2.21. The van der Waals surface area contributed by atoms with Crippen molar-refractivity contribution in [3.63, 3.8) is 0 Å². The van der Waals surface area contributed by atoms with Crippen molar-refractivity contribution in [2.45, 2.75) is 4.83 Å². The number of thiophene rings is 2. The molecule has 0 N–H and O–H groups in total. The molecule has 0 saturated heterocycles. The van der Waals surface area contributed by atoms with E-state index in [9.17, 15) is 0 Å². The van der Waals surface area contributed by atoms with E-state index in [2.05, 4.69) is 15.9 Å². The molecule has 1 atom stereocenters. The standard InChI is InChI=1S/C10H7BrCl2OS2/c1-14-6-2-3-15-9(6)8(11)5-4-7(12)16-10(5)13/h2-4,8H,1H3. The molecule has 0 aliphatic carbocycles. The largest absolute Gasteiger partial charge is 0.496 e. The van der Waals surface area contributed by atoms with Crippen molar-refractivity contribution in [2.75, 3.05) is 7.11 Å². The summed E-state index contributed by atoms with van der Waals surface area (Å²) >= 11 is 18.7. The third-order valence-corrected chi connectivity index (χ3v) is 5.80. The van der Waals surface area contributed by atoms with Crippen LogP contribution in [0.1, 0.15) is 15.3 Å². The van der Waals surface area contributed by atoms with Crippen LogP contribution in [-0.4, -0.2) is 7.11 Å². The second-order valence-electron chi connectivity index (χ2n) is 3.00. The number of halogens is 3. The van der Waals surface area contributed by atoms with Gasteiger partial charge in [0.1, 0.15) is 5.75 Å². The van der Waals surface area contributed by atoms with Crippen molar-refractivity contribution in [3.8, 4) is 5.75 Å². The van der Waals surface area contributed by atoms with Crippen molar-refractivity contribution >= 4 is 61.8 Å². The van der Waals surface area contributed by atoms with Gasteiger partial charge in [0.15, 0.2) is 0 Å². The Balaban J connectivity index is 2.38. The SMILES string of the molecule is COc1ccsc1C(Br)c1cc(Cl)sc1Cl. The van der Waals surface area contributed by atoms with Crippen LogP contribution in [0.25, 0.3) is 0 Å². The monoisotopic (exact) mass is 356 g/mol. The van der Waals surface area contributed by atoms with Crippen LogP contribution in [0.15, 0.2) is 17.5 Å². The van der Waals surface area contributed by atoms with Gasteiger partial charge in [0, 0.05) is 5.56 Å². The third-order valence-electron chi connectivity index (χ3n) is 2.06. The van der Waals surface area contributed by atoms with Crippen LogP contribution in [0.3, 0.4) is 0 Å². The van der Waals surface area contributed by atoms with E-state index in [-0.39, 0.29) is 4.83 Å². The molecule has 2 rings (SSSR count). The molecule has 0 radical (unpaired) electrons. The molecule has 86 valence electrons. The van der Waals surface area contributed by atoms with Crippen molar-refractivity contribution in [1.29, 1.82) is 0 Å². The number of ether oxygens (including phenoxy) is 1. The molecule has 0 aliphatic heterocycles. The van der Waals surface area contributed by atoms with Gasteiger partial charge in [-0.25, -0.2) is 0 Å². The molecular weight excluding hydrogens is 351 g/mol. The maximum atomic E-state index is 6.12. The van der Waals surface area contributed by atoms with Crippen LogP contribution in [-0.2, 0) is 0 Å². The zero-order valence-electron chi connectivity index (χ0n) is 8.17. The third kappa shape index (κ3) is 2.41. The lowest BCUT2D eigenvalue weighted by molar-refractivity contribution is 0.413. The van der Waals surface area contributed by atoms with Crippen molar-refractivity contribution in [1.82, 2.24) is 0 Å². The minimum atomic E-state index is 0.0266. The molecule has 0 saturated carbocycles. The summed E-state index contributed by atoms with van der Waals surface area (Å²) in [7, 11) is 1.66. The topological polar surface area (TPSA) is 9.23 Å². The molecule has 16 heavy (non-hydrogen) atoms. The van der Waals surface area contributed by atoms with Gasteiger partial charge in [-0.3, -0.25) is 0 Å². The Kier molecular flexibility index (Phi) is 4.19. The summed E-state index contributed by atoms with van der Waals surface area (Å²) in [4.78, 5) is 1.12. The van der Waals surface area contributed by atoms with Crippen LogP contribution in [0.5, 0.6) is 5.75 Å². The molecule has 2 heterocycles. The first kappa shape index (κ1) is 12.7. The number of rotatable bonds is 3. The normalized spacial score (nSPS) is 12.8. The highest BCUT2D eigenvalue weighted by molar-refractivity contribution is 9.09. The molecule has 0 aromatic carbocycles. The van der Waals surface area contributed by atoms with Crippen LogP contribution in [0, 0.1) is 0 Å². The average Bonchev–Trinajstić information content (AvgIpc) is 2.83. The van der Waals surface area contributed by atoms with E-state index in [1.807, 2.05) is 17.5 Å². The van der Waals surface area contributed by atoms with Gasteiger partial charge in [-0.2, -0.15) is 0 Å². The lowest BCUT2D eigenvalue weighted by Gasteiger charge is -2.09. The van der Waals surface area contributed by atoms with E-state index in [1.165, 1.54) is 11.3 Å². The highest BCUT2D eigenvalue weighted by Crippen LogP contribution is 2.45. The van der Waals surface area contributed by atoms with Crippen LogP contribution in [0.4, 0.5) is 0 Å².